The van der Waals surface area contributed by atoms with Crippen molar-refractivity contribution in [3.63, 3.8) is 0 Å². The lowest BCUT2D eigenvalue weighted by molar-refractivity contribution is 0.557. The molecule has 0 spiro atoms. The highest BCUT2D eigenvalue weighted by atomic mass is 15.1. The average Bonchev–Trinajstić information content (AvgIpc) is 2.15. The summed E-state index contributed by atoms with van der Waals surface area (Å²) in [5, 5.41) is 0. The second-order valence-electron chi connectivity index (χ2n) is 2.01. The van der Waals surface area contributed by atoms with Crippen molar-refractivity contribution in [2.24, 2.45) is 9.98 Å². The summed E-state index contributed by atoms with van der Waals surface area (Å²) < 4.78 is 0. The quantitative estimate of drug-likeness (QED) is 0.499. The van der Waals surface area contributed by atoms with Crippen LogP contribution in [0.2, 0.25) is 0 Å². The first kappa shape index (κ1) is 6.01. The van der Waals surface area contributed by atoms with Gasteiger partial charge in [-0.05, 0) is 0 Å². The minimum atomic E-state index is 0.764. The van der Waals surface area contributed by atoms with Crippen molar-refractivity contribution in [2.45, 2.75) is 0 Å². The molecule has 9 heavy (non-hydrogen) atoms. The molecule has 1 heterocycles. The average molecular weight is 123 g/mol. The van der Waals surface area contributed by atoms with E-state index in [0.29, 0.717) is 0 Å². The Kier molecular flexibility index (Phi) is 1.63. The molecule has 0 bridgehead atoms. The van der Waals surface area contributed by atoms with Gasteiger partial charge in [-0.2, -0.15) is 0 Å². The minimum absolute atomic E-state index is 0.764. The van der Waals surface area contributed by atoms with Crippen LogP contribution in [0.3, 0.4) is 0 Å². The molecular weight excluding hydrogens is 114 g/mol. The van der Waals surface area contributed by atoms with E-state index in [1.807, 2.05) is 25.2 Å². The fourth-order valence-electron chi connectivity index (χ4n) is 0.550. The van der Waals surface area contributed by atoms with Gasteiger partial charge in [0.1, 0.15) is 0 Å². The van der Waals surface area contributed by atoms with E-state index >= 15 is 0 Å². The van der Waals surface area contributed by atoms with E-state index in [9.17, 15) is 0 Å². The van der Waals surface area contributed by atoms with Crippen LogP contribution in [-0.2, 0) is 0 Å². The van der Waals surface area contributed by atoms with Crippen LogP contribution in [0, 0.1) is 0 Å². The molecule has 0 atom stereocenters. The molecule has 1 aliphatic heterocycles. The maximum atomic E-state index is 3.95. The van der Waals surface area contributed by atoms with Crippen LogP contribution in [-0.4, -0.2) is 31.4 Å². The highest BCUT2D eigenvalue weighted by Crippen LogP contribution is 2.00. The van der Waals surface area contributed by atoms with Gasteiger partial charge in [0.05, 0.1) is 0 Å². The van der Waals surface area contributed by atoms with Gasteiger partial charge in [-0.3, -0.25) is 0 Å². The van der Waals surface area contributed by atoms with Gasteiger partial charge >= 0.3 is 0 Å². The molecule has 0 N–H and O–H groups in total. The fourth-order valence-corrected chi connectivity index (χ4v) is 0.550. The van der Waals surface area contributed by atoms with Crippen LogP contribution in [0.15, 0.2) is 22.0 Å². The van der Waals surface area contributed by atoms with Crippen molar-refractivity contribution in [1.29, 1.82) is 0 Å². The largest absolute Gasteiger partial charge is 0.380 e. The van der Waals surface area contributed by atoms with Gasteiger partial charge in [0.15, 0.2) is 5.82 Å². The van der Waals surface area contributed by atoms with E-state index < -0.39 is 0 Å². The van der Waals surface area contributed by atoms with Crippen LogP contribution in [0.25, 0.3) is 0 Å². The fraction of sp³-hybridized carbons (Fsp3) is 0.333. The lowest BCUT2D eigenvalue weighted by atomic mass is 10.7. The highest BCUT2D eigenvalue weighted by molar-refractivity contribution is 6.18. The number of rotatable bonds is 1. The van der Waals surface area contributed by atoms with Crippen molar-refractivity contribution in [3.8, 4) is 0 Å². The maximum Gasteiger partial charge on any atom is 0.168 e. The smallest absolute Gasteiger partial charge is 0.168 e. The molecule has 3 heteroatoms. The SMILES string of the molecule is CN(C)C=C1N=CC=N1. The first-order valence-electron chi connectivity index (χ1n) is 2.74. The molecule has 0 amide bonds. The van der Waals surface area contributed by atoms with Gasteiger partial charge in [0.25, 0.3) is 0 Å². The van der Waals surface area contributed by atoms with Crippen LogP contribution in [0.5, 0.6) is 0 Å². The van der Waals surface area contributed by atoms with Crippen molar-refractivity contribution in [3.05, 3.63) is 12.0 Å². The summed E-state index contributed by atoms with van der Waals surface area (Å²) in [6, 6.07) is 0. The first-order valence-corrected chi connectivity index (χ1v) is 2.74. The summed E-state index contributed by atoms with van der Waals surface area (Å²) in [4.78, 5) is 9.81. The molecule has 0 saturated carbocycles. The molecule has 0 aromatic carbocycles. The maximum absolute atomic E-state index is 3.95. The Balaban J connectivity index is 2.62. The lowest BCUT2D eigenvalue weighted by Gasteiger charge is -2.02. The predicted molar refractivity (Wildman–Crippen MR) is 38.8 cm³/mol. The molecule has 0 fully saturated rings. The molecule has 3 nitrogen and oxygen atoms in total. The van der Waals surface area contributed by atoms with Gasteiger partial charge in [-0.1, -0.05) is 0 Å². The first-order chi connectivity index (χ1) is 4.29. The van der Waals surface area contributed by atoms with E-state index in [1.165, 1.54) is 0 Å². The zero-order valence-electron chi connectivity index (χ0n) is 5.57. The number of hydrogen-bond acceptors (Lipinski definition) is 3. The molecule has 48 valence electrons. The number of nitrogens with zero attached hydrogens (tertiary/aromatic N) is 3. The Morgan fingerprint density at radius 3 is 2.33 bits per heavy atom. The number of aliphatic imine (C=N–C) groups is 2. The summed E-state index contributed by atoms with van der Waals surface area (Å²) in [6.07, 6.45) is 5.21. The van der Waals surface area contributed by atoms with Crippen LogP contribution >= 0.6 is 0 Å². The van der Waals surface area contributed by atoms with E-state index in [2.05, 4.69) is 9.98 Å². The monoisotopic (exact) mass is 123 g/mol. The van der Waals surface area contributed by atoms with Gasteiger partial charge < -0.3 is 4.90 Å². The van der Waals surface area contributed by atoms with Gasteiger partial charge in [0, 0.05) is 32.7 Å². The third kappa shape index (κ3) is 1.68. The summed E-state index contributed by atoms with van der Waals surface area (Å²) in [6.45, 7) is 0. The van der Waals surface area contributed by atoms with Gasteiger partial charge in [-0.15, -0.1) is 0 Å². The molecule has 0 unspecified atom stereocenters. The second kappa shape index (κ2) is 2.44. The zero-order valence-corrected chi connectivity index (χ0v) is 5.57. The summed E-state index contributed by atoms with van der Waals surface area (Å²) in [7, 11) is 3.88. The van der Waals surface area contributed by atoms with Crippen LogP contribution < -0.4 is 0 Å². The van der Waals surface area contributed by atoms with Crippen molar-refractivity contribution in [1.82, 2.24) is 4.90 Å². The van der Waals surface area contributed by atoms with Crippen LogP contribution in [0.4, 0.5) is 0 Å². The molecule has 0 saturated heterocycles. The molecule has 0 aliphatic carbocycles. The molecular formula is C6H9N3. The highest BCUT2D eigenvalue weighted by Gasteiger charge is 1.92. The van der Waals surface area contributed by atoms with E-state index in [0.717, 1.165) is 5.82 Å². The Morgan fingerprint density at radius 2 is 1.89 bits per heavy atom. The Hall–Kier alpha value is -1.12. The van der Waals surface area contributed by atoms with E-state index in [1.54, 1.807) is 12.4 Å². The standard InChI is InChI=1S/C6H9N3/c1-9(2)5-6-7-3-4-8-6/h3-5H,1-2H3. The molecule has 1 rings (SSSR count). The lowest BCUT2D eigenvalue weighted by Crippen LogP contribution is -2.00. The Bertz CT molecular complexity index is 163. The van der Waals surface area contributed by atoms with Crippen molar-refractivity contribution < 1.29 is 0 Å². The summed E-state index contributed by atoms with van der Waals surface area (Å²) in [5.74, 6) is 0.764. The third-order valence-electron chi connectivity index (χ3n) is 0.854. The topological polar surface area (TPSA) is 28.0 Å². The van der Waals surface area contributed by atoms with Crippen LogP contribution in [0.1, 0.15) is 0 Å². The zero-order chi connectivity index (χ0) is 6.69. The molecule has 0 aromatic rings. The summed E-state index contributed by atoms with van der Waals surface area (Å²) in [5.41, 5.74) is 0. The van der Waals surface area contributed by atoms with Crippen molar-refractivity contribution >= 4 is 12.4 Å². The Labute approximate surface area is 54.4 Å². The minimum Gasteiger partial charge on any atom is -0.380 e. The Morgan fingerprint density at radius 1 is 1.33 bits per heavy atom. The number of hydrogen-bond donors (Lipinski definition) is 0. The predicted octanol–water partition coefficient (Wildman–Crippen LogP) is 0.502. The molecule has 1 aliphatic rings. The summed E-state index contributed by atoms with van der Waals surface area (Å²) >= 11 is 0. The molecule has 0 radical (unpaired) electrons. The van der Waals surface area contributed by atoms with E-state index in [4.69, 9.17) is 0 Å². The van der Waals surface area contributed by atoms with Crippen molar-refractivity contribution in [2.75, 3.05) is 14.1 Å². The van der Waals surface area contributed by atoms with Gasteiger partial charge in [0.2, 0.25) is 0 Å². The van der Waals surface area contributed by atoms with E-state index in [-0.39, 0.29) is 0 Å². The van der Waals surface area contributed by atoms with Gasteiger partial charge in [-0.25, -0.2) is 9.98 Å². The normalized spacial score (nSPS) is 14.7. The second-order valence-corrected chi connectivity index (χ2v) is 2.01. The third-order valence-corrected chi connectivity index (χ3v) is 0.854. The molecule has 0 aromatic heterocycles.